The molecule has 0 saturated carbocycles. The zero-order valence-corrected chi connectivity index (χ0v) is 13.8. The minimum atomic E-state index is 0.0599. The predicted molar refractivity (Wildman–Crippen MR) is 87.0 cm³/mol. The summed E-state index contributed by atoms with van der Waals surface area (Å²) < 4.78 is 5.47. The van der Waals surface area contributed by atoms with Crippen molar-refractivity contribution >= 4 is 11.6 Å². The number of anilines is 2. The first-order valence-electron chi connectivity index (χ1n) is 8.05. The van der Waals surface area contributed by atoms with E-state index in [-0.39, 0.29) is 5.54 Å². The van der Waals surface area contributed by atoms with E-state index in [4.69, 9.17) is 9.72 Å². The van der Waals surface area contributed by atoms with Gasteiger partial charge in [-0.1, -0.05) is 6.92 Å². The highest BCUT2D eigenvalue weighted by molar-refractivity contribution is 5.58. The molecule has 1 aromatic heterocycles. The Morgan fingerprint density at radius 1 is 1.14 bits per heavy atom. The van der Waals surface area contributed by atoms with Gasteiger partial charge in [-0.05, 0) is 40.0 Å². The smallest absolute Gasteiger partial charge is 0.135 e. The van der Waals surface area contributed by atoms with Crippen LogP contribution in [0.5, 0.6) is 0 Å². The van der Waals surface area contributed by atoms with Crippen molar-refractivity contribution in [2.45, 2.75) is 58.9 Å². The third-order valence-corrected chi connectivity index (χ3v) is 4.03. The highest BCUT2D eigenvalue weighted by atomic mass is 16.5. The van der Waals surface area contributed by atoms with Gasteiger partial charge in [-0.3, -0.25) is 0 Å². The minimum absolute atomic E-state index is 0.0599. The van der Waals surface area contributed by atoms with Crippen LogP contribution in [0.1, 0.15) is 51.4 Å². The van der Waals surface area contributed by atoms with Crippen LogP contribution >= 0.6 is 0 Å². The first-order valence-corrected chi connectivity index (χ1v) is 8.05. The molecule has 1 aromatic rings. The van der Waals surface area contributed by atoms with Crippen LogP contribution in [0.15, 0.2) is 0 Å². The fourth-order valence-corrected chi connectivity index (χ4v) is 2.59. The highest BCUT2D eigenvalue weighted by Crippen LogP contribution is 2.28. The zero-order chi connectivity index (χ0) is 15.3. The van der Waals surface area contributed by atoms with Crippen LogP contribution < -0.4 is 10.6 Å². The van der Waals surface area contributed by atoms with Crippen molar-refractivity contribution in [1.29, 1.82) is 0 Å². The van der Waals surface area contributed by atoms with Crippen molar-refractivity contribution in [3.05, 3.63) is 11.4 Å². The predicted octanol–water partition coefficient (Wildman–Crippen LogP) is 3.15. The molecule has 0 bridgehead atoms. The summed E-state index contributed by atoms with van der Waals surface area (Å²) in [6, 6.07) is 0. The summed E-state index contributed by atoms with van der Waals surface area (Å²) in [6.07, 6.45) is 3.98. The molecule has 2 rings (SSSR count). The van der Waals surface area contributed by atoms with Gasteiger partial charge in [0.2, 0.25) is 0 Å². The van der Waals surface area contributed by atoms with Gasteiger partial charge in [0, 0.05) is 37.3 Å². The van der Waals surface area contributed by atoms with E-state index in [1.54, 1.807) is 0 Å². The van der Waals surface area contributed by atoms with E-state index in [1.807, 2.05) is 0 Å². The lowest BCUT2D eigenvalue weighted by atomic mass is 9.92. The second kappa shape index (κ2) is 7.07. The number of nitrogens with zero attached hydrogens (tertiary/aromatic N) is 2. The molecule has 5 nitrogen and oxygen atoms in total. The van der Waals surface area contributed by atoms with Crippen molar-refractivity contribution in [2.24, 2.45) is 0 Å². The molecule has 0 amide bonds. The summed E-state index contributed by atoms with van der Waals surface area (Å²) in [5.41, 5.74) is 1.16. The normalized spacial score (nSPS) is 17.5. The van der Waals surface area contributed by atoms with Gasteiger partial charge < -0.3 is 15.4 Å². The zero-order valence-electron chi connectivity index (χ0n) is 13.8. The number of ether oxygens (including phenoxy) is 1. The summed E-state index contributed by atoms with van der Waals surface area (Å²) in [5, 5.41) is 7.00. The van der Waals surface area contributed by atoms with Gasteiger partial charge in [0.25, 0.3) is 0 Å². The standard InChI is InChI=1S/C16H28N4O/c1-5-7-13-18-14(17-6-2)12(3)15(19-13)20-16(4)8-10-21-11-9-16/h5-11H2,1-4H3,(H2,17,18,19,20). The topological polar surface area (TPSA) is 59.1 Å². The Morgan fingerprint density at radius 3 is 2.43 bits per heavy atom. The van der Waals surface area contributed by atoms with Gasteiger partial charge in [-0.2, -0.15) is 0 Å². The quantitative estimate of drug-likeness (QED) is 0.843. The first-order chi connectivity index (χ1) is 10.1. The number of hydrogen-bond acceptors (Lipinski definition) is 5. The SMILES string of the molecule is CCCc1nc(NCC)c(C)c(NC2(C)CCOCC2)n1. The molecular formula is C16H28N4O. The van der Waals surface area contributed by atoms with E-state index < -0.39 is 0 Å². The molecule has 2 N–H and O–H groups in total. The molecule has 0 aliphatic carbocycles. The maximum Gasteiger partial charge on any atom is 0.135 e. The molecular weight excluding hydrogens is 264 g/mol. The molecule has 1 saturated heterocycles. The Morgan fingerprint density at radius 2 is 1.81 bits per heavy atom. The van der Waals surface area contributed by atoms with Crippen molar-refractivity contribution in [2.75, 3.05) is 30.4 Å². The summed E-state index contributed by atoms with van der Waals surface area (Å²) in [5.74, 6) is 2.83. The van der Waals surface area contributed by atoms with E-state index in [0.29, 0.717) is 0 Å². The number of rotatable bonds is 6. The van der Waals surface area contributed by atoms with E-state index in [2.05, 4.69) is 43.3 Å². The van der Waals surface area contributed by atoms with E-state index in [1.165, 1.54) is 0 Å². The van der Waals surface area contributed by atoms with E-state index in [9.17, 15) is 0 Å². The molecule has 1 aliphatic heterocycles. The summed E-state index contributed by atoms with van der Waals surface area (Å²) in [6.45, 7) is 11.1. The van der Waals surface area contributed by atoms with Crippen LogP contribution in [0.3, 0.4) is 0 Å². The third kappa shape index (κ3) is 4.06. The maximum absolute atomic E-state index is 5.47. The summed E-state index contributed by atoms with van der Waals surface area (Å²) >= 11 is 0. The molecule has 0 spiro atoms. The van der Waals surface area contributed by atoms with Crippen LogP contribution in [-0.4, -0.2) is 35.3 Å². The van der Waals surface area contributed by atoms with Crippen molar-refractivity contribution in [3.63, 3.8) is 0 Å². The van der Waals surface area contributed by atoms with Gasteiger partial charge in [0.05, 0.1) is 0 Å². The molecule has 1 fully saturated rings. The van der Waals surface area contributed by atoms with Gasteiger partial charge in [0.1, 0.15) is 17.5 Å². The lowest BCUT2D eigenvalue weighted by Crippen LogP contribution is -2.41. The first kappa shape index (κ1) is 16.0. The highest BCUT2D eigenvalue weighted by Gasteiger charge is 2.28. The second-order valence-electron chi connectivity index (χ2n) is 6.04. The van der Waals surface area contributed by atoms with Crippen molar-refractivity contribution < 1.29 is 4.74 Å². The fraction of sp³-hybridized carbons (Fsp3) is 0.750. The van der Waals surface area contributed by atoms with Crippen LogP contribution in [0, 0.1) is 6.92 Å². The average molecular weight is 292 g/mol. The number of aromatic nitrogens is 2. The van der Waals surface area contributed by atoms with Gasteiger partial charge in [0.15, 0.2) is 0 Å². The second-order valence-corrected chi connectivity index (χ2v) is 6.04. The largest absolute Gasteiger partial charge is 0.381 e. The monoisotopic (exact) mass is 292 g/mol. The summed E-state index contributed by atoms with van der Waals surface area (Å²) in [4.78, 5) is 9.38. The molecule has 21 heavy (non-hydrogen) atoms. The van der Waals surface area contributed by atoms with E-state index >= 15 is 0 Å². The maximum atomic E-state index is 5.47. The molecule has 0 aromatic carbocycles. The summed E-state index contributed by atoms with van der Waals surface area (Å²) in [7, 11) is 0. The van der Waals surface area contributed by atoms with Crippen LogP contribution in [0.25, 0.3) is 0 Å². The Hall–Kier alpha value is -1.36. The van der Waals surface area contributed by atoms with E-state index in [0.717, 1.165) is 68.5 Å². The molecule has 5 heteroatoms. The lowest BCUT2D eigenvalue weighted by Gasteiger charge is -2.35. The molecule has 0 radical (unpaired) electrons. The molecule has 118 valence electrons. The van der Waals surface area contributed by atoms with Crippen molar-refractivity contribution in [3.8, 4) is 0 Å². The van der Waals surface area contributed by atoms with Gasteiger partial charge >= 0.3 is 0 Å². The van der Waals surface area contributed by atoms with Crippen molar-refractivity contribution in [1.82, 2.24) is 9.97 Å². The molecule has 0 unspecified atom stereocenters. The van der Waals surface area contributed by atoms with Crippen LogP contribution in [0.2, 0.25) is 0 Å². The molecule has 2 heterocycles. The van der Waals surface area contributed by atoms with Crippen LogP contribution in [0.4, 0.5) is 11.6 Å². The Kier molecular flexibility index (Phi) is 5.39. The average Bonchev–Trinajstić information content (AvgIpc) is 2.45. The molecule has 0 atom stereocenters. The van der Waals surface area contributed by atoms with Gasteiger partial charge in [-0.25, -0.2) is 9.97 Å². The minimum Gasteiger partial charge on any atom is -0.381 e. The number of aryl methyl sites for hydroxylation is 1. The Labute approximate surface area is 127 Å². The number of hydrogen-bond donors (Lipinski definition) is 2. The third-order valence-electron chi connectivity index (χ3n) is 4.03. The fourth-order valence-electron chi connectivity index (χ4n) is 2.59. The lowest BCUT2D eigenvalue weighted by molar-refractivity contribution is 0.0657. The Bertz CT molecular complexity index is 470. The Balaban J connectivity index is 2.27. The van der Waals surface area contributed by atoms with Crippen LogP contribution in [-0.2, 0) is 11.2 Å². The number of nitrogens with one attached hydrogen (secondary N) is 2. The van der Waals surface area contributed by atoms with Gasteiger partial charge in [-0.15, -0.1) is 0 Å². The molecule has 1 aliphatic rings.